The van der Waals surface area contributed by atoms with Crippen LogP contribution in [0.3, 0.4) is 0 Å². The summed E-state index contributed by atoms with van der Waals surface area (Å²) in [5, 5.41) is 3.04. The number of carbonyl (C=O) groups is 2. The number of ketones is 1. The average molecular weight is 323 g/mol. The van der Waals surface area contributed by atoms with Gasteiger partial charge in [-0.1, -0.05) is 32.0 Å². The number of fused-ring (bicyclic) bond motifs is 2. The van der Waals surface area contributed by atoms with E-state index in [-0.39, 0.29) is 17.2 Å². The van der Waals surface area contributed by atoms with E-state index in [1.807, 2.05) is 12.1 Å². The van der Waals surface area contributed by atoms with Gasteiger partial charge in [-0.15, -0.1) is 0 Å². The molecule has 2 aliphatic rings. The first-order valence-electron chi connectivity index (χ1n) is 7.88. The second-order valence-electron chi connectivity index (χ2n) is 7.01. The average Bonchev–Trinajstić information content (AvgIpc) is 2.82. The highest BCUT2D eigenvalue weighted by molar-refractivity contribution is 5.98. The van der Waals surface area contributed by atoms with Crippen molar-refractivity contribution in [3.63, 3.8) is 0 Å². The number of hydrogen-bond acceptors (Lipinski definition) is 6. The molecule has 6 heteroatoms. The maximum absolute atomic E-state index is 12.2. The minimum atomic E-state index is -0.612. The van der Waals surface area contributed by atoms with Crippen LogP contribution in [0.2, 0.25) is 0 Å². The zero-order valence-corrected chi connectivity index (χ0v) is 13.5. The third-order valence-electron chi connectivity index (χ3n) is 4.40. The summed E-state index contributed by atoms with van der Waals surface area (Å²) in [6, 6.07) is 7.22. The number of anilines is 1. The molecule has 0 spiro atoms. The van der Waals surface area contributed by atoms with Gasteiger partial charge in [-0.3, -0.25) is 4.79 Å². The van der Waals surface area contributed by atoms with Crippen molar-refractivity contribution in [1.29, 1.82) is 0 Å². The first-order chi connectivity index (χ1) is 11.4. The second-order valence-corrected chi connectivity index (χ2v) is 7.01. The first kappa shape index (κ1) is 14.8. The van der Waals surface area contributed by atoms with Crippen LogP contribution in [0.25, 0.3) is 0 Å². The molecule has 1 aromatic heterocycles. The maximum atomic E-state index is 12.2. The van der Waals surface area contributed by atoms with Crippen molar-refractivity contribution < 1.29 is 14.3 Å². The van der Waals surface area contributed by atoms with Crippen LogP contribution in [-0.4, -0.2) is 21.7 Å². The van der Waals surface area contributed by atoms with E-state index >= 15 is 0 Å². The normalized spacial score (nSPS) is 21.0. The Morgan fingerprint density at radius 1 is 1.17 bits per heavy atom. The van der Waals surface area contributed by atoms with Gasteiger partial charge in [0, 0.05) is 18.2 Å². The topological polar surface area (TPSA) is 81.2 Å². The van der Waals surface area contributed by atoms with E-state index in [4.69, 9.17) is 4.74 Å². The van der Waals surface area contributed by atoms with Gasteiger partial charge < -0.3 is 10.1 Å². The number of Topliss-reactive ketones (excluding diaryl/α,β-unsaturated/α-hetero) is 1. The summed E-state index contributed by atoms with van der Waals surface area (Å²) in [6.07, 6.45) is 2.17. The summed E-state index contributed by atoms with van der Waals surface area (Å²) >= 11 is 0. The van der Waals surface area contributed by atoms with E-state index in [0.717, 1.165) is 11.3 Å². The van der Waals surface area contributed by atoms with Crippen molar-refractivity contribution in [2.75, 3.05) is 5.32 Å². The number of esters is 1. The minimum Gasteiger partial charge on any atom is -0.434 e. The summed E-state index contributed by atoms with van der Waals surface area (Å²) < 4.78 is 5.34. The molecule has 24 heavy (non-hydrogen) atoms. The molecule has 2 heterocycles. The molecule has 1 atom stereocenters. The van der Waals surface area contributed by atoms with Crippen molar-refractivity contribution in [3.05, 3.63) is 52.8 Å². The molecule has 0 radical (unpaired) electrons. The summed E-state index contributed by atoms with van der Waals surface area (Å²) in [4.78, 5) is 32.8. The van der Waals surface area contributed by atoms with Gasteiger partial charge in [-0.25, -0.2) is 14.8 Å². The lowest BCUT2D eigenvalue weighted by Gasteiger charge is -2.29. The molecule has 0 amide bonds. The van der Waals surface area contributed by atoms with Crippen LogP contribution in [0.15, 0.2) is 30.5 Å². The summed E-state index contributed by atoms with van der Waals surface area (Å²) in [7, 11) is 0. The van der Waals surface area contributed by atoms with E-state index in [1.165, 1.54) is 0 Å². The van der Waals surface area contributed by atoms with Crippen LogP contribution >= 0.6 is 0 Å². The van der Waals surface area contributed by atoms with Gasteiger partial charge in [0.1, 0.15) is 0 Å². The molecule has 0 fully saturated rings. The first-order valence-corrected chi connectivity index (χ1v) is 7.88. The third kappa shape index (κ3) is 2.44. The van der Waals surface area contributed by atoms with Gasteiger partial charge in [0.25, 0.3) is 0 Å². The molecule has 0 saturated heterocycles. The Hall–Kier alpha value is -2.76. The van der Waals surface area contributed by atoms with Gasteiger partial charge in [0.2, 0.25) is 12.2 Å². The fourth-order valence-corrected chi connectivity index (χ4v) is 3.27. The number of aromatic nitrogens is 2. The summed E-state index contributed by atoms with van der Waals surface area (Å²) in [5.41, 5.74) is 2.53. The predicted octanol–water partition coefficient (Wildman–Crippen LogP) is 2.91. The molecule has 0 unspecified atom stereocenters. The van der Waals surface area contributed by atoms with Gasteiger partial charge >= 0.3 is 5.97 Å². The molecule has 0 saturated carbocycles. The van der Waals surface area contributed by atoms with Crippen molar-refractivity contribution >= 4 is 17.7 Å². The lowest BCUT2D eigenvalue weighted by atomic mass is 9.76. The van der Waals surface area contributed by atoms with Crippen LogP contribution < -0.4 is 5.32 Å². The molecular formula is C18H17N3O3. The molecule has 1 aliphatic heterocycles. The highest BCUT2D eigenvalue weighted by atomic mass is 16.6. The maximum Gasteiger partial charge on any atom is 0.340 e. The molecule has 2 aromatic rings. The Labute approximate surface area is 139 Å². The summed E-state index contributed by atoms with van der Waals surface area (Å²) in [6.45, 7) is 4.11. The molecule has 0 bridgehead atoms. The standard InChI is InChI=1S/C18H17N3O3/c1-18(2)7-13-12(14(22)8-18)9-19-17(20-13)21-15-10-5-3-4-6-11(10)16(23)24-15/h3-6,9,15H,7-8H2,1-2H3,(H,19,20,21)/t15-/m1/s1. The smallest absolute Gasteiger partial charge is 0.340 e. The van der Waals surface area contributed by atoms with Crippen LogP contribution in [0.4, 0.5) is 5.95 Å². The lowest BCUT2D eigenvalue weighted by Crippen LogP contribution is -2.28. The fourth-order valence-electron chi connectivity index (χ4n) is 3.27. The lowest BCUT2D eigenvalue weighted by molar-refractivity contribution is 0.0436. The number of carbonyl (C=O) groups excluding carboxylic acids is 2. The van der Waals surface area contributed by atoms with Crippen molar-refractivity contribution in [2.24, 2.45) is 5.41 Å². The Morgan fingerprint density at radius 3 is 2.79 bits per heavy atom. The van der Waals surface area contributed by atoms with Crippen molar-refractivity contribution in [2.45, 2.75) is 32.9 Å². The molecule has 6 nitrogen and oxygen atoms in total. The number of nitrogens with zero attached hydrogens (tertiary/aromatic N) is 2. The molecule has 4 rings (SSSR count). The van der Waals surface area contributed by atoms with Crippen molar-refractivity contribution in [3.8, 4) is 0 Å². The number of ether oxygens (including phenoxy) is 1. The highest BCUT2D eigenvalue weighted by Gasteiger charge is 2.34. The Bertz CT molecular complexity index is 860. The number of rotatable bonds is 2. The third-order valence-corrected chi connectivity index (χ3v) is 4.40. The number of hydrogen-bond donors (Lipinski definition) is 1. The van der Waals surface area contributed by atoms with Crippen LogP contribution in [-0.2, 0) is 11.2 Å². The zero-order chi connectivity index (χ0) is 16.9. The SMILES string of the molecule is CC1(C)CC(=O)c2cnc(N[C@@H]3OC(=O)c4ccccc43)nc2C1. The van der Waals surface area contributed by atoms with E-state index in [0.29, 0.717) is 29.9 Å². The van der Waals surface area contributed by atoms with Crippen LogP contribution in [0.5, 0.6) is 0 Å². The van der Waals surface area contributed by atoms with Gasteiger partial charge in [0.15, 0.2) is 5.78 Å². The molecular weight excluding hydrogens is 306 g/mol. The van der Waals surface area contributed by atoms with Crippen LogP contribution in [0.1, 0.15) is 58.5 Å². The molecule has 122 valence electrons. The second kappa shape index (κ2) is 5.12. The van der Waals surface area contributed by atoms with E-state index in [2.05, 4.69) is 29.1 Å². The number of cyclic esters (lactones) is 1. The predicted molar refractivity (Wildman–Crippen MR) is 86.7 cm³/mol. The minimum absolute atomic E-state index is 0.0745. The van der Waals surface area contributed by atoms with Crippen molar-refractivity contribution in [1.82, 2.24) is 9.97 Å². The summed E-state index contributed by atoms with van der Waals surface area (Å²) in [5.74, 6) is 0.0663. The van der Waals surface area contributed by atoms with E-state index in [9.17, 15) is 9.59 Å². The quantitative estimate of drug-likeness (QED) is 0.856. The largest absolute Gasteiger partial charge is 0.434 e. The van der Waals surface area contributed by atoms with E-state index in [1.54, 1.807) is 18.3 Å². The highest BCUT2D eigenvalue weighted by Crippen LogP contribution is 2.35. The number of benzene rings is 1. The van der Waals surface area contributed by atoms with Gasteiger partial charge in [0.05, 0.1) is 16.8 Å². The monoisotopic (exact) mass is 323 g/mol. The fraction of sp³-hybridized carbons (Fsp3) is 0.333. The molecule has 1 aromatic carbocycles. The Morgan fingerprint density at radius 2 is 1.96 bits per heavy atom. The zero-order valence-electron chi connectivity index (χ0n) is 13.5. The van der Waals surface area contributed by atoms with Gasteiger partial charge in [-0.05, 0) is 17.9 Å². The van der Waals surface area contributed by atoms with E-state index < -0.39 is 6.23 Å². The van der Waals surface area contributed by atoms with Crippen LogP contribution in [0, 0.1) is 5.41 Å². The number of nitrogens with one attached hydrogen (secondary N) is 1. The molecule has 1 aliphatic carbocycles. The Kier molecular flexibility index (Phi) is 3.16. The Balaban J connectivity index is 1.63. The molecule has 1 N–H and O–H groups in total. The van der Waals surface area contributed by atoms with Gasteiger partial charge in [-0.2, -0.15) is 0 Å².